The molecule has 150 valence electrons. The highest BCUT2D eigenvalue weighted by Gasteiger charge is 2.49. The van der Waals surface area contributed by atoms with Gasteiger partial charge in [0.1, 0.15) is 12.1 Å². The van der Waals surface area contributed by atoms with Crippen LogP contribution in [0.1, 0.15) is 18.1 Å². The normalized spacial score (nSPS) is 20.0. The van der Waals surface area contributed by atoms with E-state index in [9.17, 15) is 14.4 Å². The van der Waals surface area contributed by atoms with Gasteiger partial charge in [0.25, 0.3) is 5.91 Å². The molecular formula is C21H21N3O5. The first-order valence-corrected chi connectivity index (χ1v) is 9.32. The summed E-state index contributed by atoms with van der Waals surface area (Å²) in [7, 11) is 0. The number of amides is 4. The van der Waals surface area contributed by atoms with Crippen LogP contribution < -0.4 is 20.1 Å². The first-order chi connectivity index (χ1) is 14.0. The molecule has 0 spiro atoms. The van der Waals surface area contributed by atoms with Gasteiger partial charge in [-0.2, -0.15) is 0 Å². The highest BCUT2D eigenvalue weighted by atomic mass is 16.7. The van der Waals surface area contributed by atoms with Gasteiger partial charge in [0.2, 0.25) is 12.7 Å². The summed E-state index contributed by atoms with van der Waals surface area (Å²) >= 11 is 0. The zero-order chi connectivity index (χ0) is 20.4. The molecular weight excluding hydrogens is 374 g/mol. The van der Waals surface area contributed by atoms with Crippen LogP contribution in [-0.2, 0) is 21.5 Å². The van der Waals surface area contributed by atoms with E-state index in [0.717, 1.165) is 10.5 Å². The van der Waals surface area contributed by atoms with Crippen molar-refractivity contribution in [2.45, 2.75) is 18.9 Å². The van der Waals surface area contributed by atoms with Gasteiger partial charge in [-0.25, -0.2) is 4.79 Å². The Hall–Kier alpha value is -3.55. The Bertz CT molecular complexity index is 962. The Morgan fingerprint density at radius 2 is 1.90 bits per heavy atom. The van der Waals surface area contributed by atoms with Crippen molar-refractivity contribution < 1.29 is 23.9 Å². The lowest BCUT2D eigenvalue weighted by molar-refractivity contribution is -0.134. The molecule has 2 heterocycles. The molecule has 0 unspecified atom stereocenters. The zero-order valence-corrected chi connectivity index (χ0v) is 15.9. The van der Waals surface area contributed by atoms with Crippen molar-refractivity contribution >= 4 is 17.8 Å². The Morgan fingerprint density at radius 1 is 1.14 bits per heavy atom. The lowest BCUT2D eigenvalue weighted by atomic mass is 9.91. The number of carbonyl (C=O) groups is 3. The Balaban J connectivity index is 1.39. The number of hydrogen-bond acceptors (Lipinski definition) is 5. The summed E-state index contributed by atoms with van der Waals surface area (Å²) in [5.74, 6) is 0.227. The van der Waals surface area contributed by atoms with E-state index < -0.39 is 17.5 Å². The summed E-state index contributed by atoms with van der Waals surface area (Å²) < 4.78 is 10.6. The minimum absolute atomic E-state index is 0.116. The molecule has 2 aliphatic rings. The van der Waals surface area contributed by atoms with Crippen LogP contribution in [0.2, 0.25) is 0 Å². The Morgan fingerprint density at radius 3 is 2.69 bits per heavy atom. The van der Waals surface area contributed by atoms with Gasteiger partial charge >= 0.3 is 6.03 Å². The van der Waals surface area contributed by atoms with Gasteiger partial charge < -0.3 is 20.1 Å². The third-order valence-electron chi connectivity index (χ3n) is 5.11. The smallest absolute Gasteiger partial charge is 0.325 e. The summed E-state index contributed by atoms with van der Waals surface area (Å²) in [5, 5.41) is 5.44. The molecule has 2 aromatic carbocycles. The number of rotatable bonds is 6. The highest BCUT2D eigenvalue weighted by molar-refractivity contribution is 6.09. The van der Waals surface area contributed by atoms with Crippen LogP contribution in [0.5, 0.6) is 11.5 Å². The number of nitrogens with one attached hydrogen (secondary N) is 2. The van der Waals surface area contributed by atoms with Gasteiger partial charge in [0.05, 0.1) is 0 Å². The lowest BCUT2D eigenvalue weighted by Gasteiger charge is -2.22. The van der Waals surface area contributed by atoms with E-state index in [0.29, 0.717) is 30.0 Å². The molecule has 1 fully saturated rings. The van der Waals surface area contributed by atoms with Crippen LogP contribution in [0.25, 0.3) is 0 Å². The topological polar surface area (TPSA) is 97.0 Å². The van der Waals surface area contributed by atoms with Gasteiger partial charge in [0, 0.05) is 6.54 Å². The van der Waals surface area contributed by atoms with E-state index >= 15 is 0 Å². The summed E-state index contributed by atoms with van der Waals surface area (Å²) in [4.78, 5) is 38.5. The summed E-state index contributed by atoms with van der Waals surface area (Å²) in [5.41, 5.74) is 0.382. The maximum Gasteiger partial charge on any atom is 0.325 e. The maximum absolute atomic E-state index is 13.0. The van der Waals surface area contributed by atoms with Crippen molar-refractivity contribution in [2.24, 2.45) is 0 Å². The minimum atomic E-state index is -1.28. The van der Waals surface area contributed by atoms with E-state index in [4.69, 9.17) is 9.47 Å². The first kappa shape index (κ1) is 18.8. The van der Waals surface area contributed by atoms with Crippen molar-refractivity contribution in [2.75, 3.05) is 19.9 Å². The second kappa shape index (κ2) is 7.46. The molecule has 0 saturated carbocycles. The molecule has 0 aromatic heterocycles. The van der Waals surface area contributed by atoms with Crippen molar-refractivity contribution in [3.8, 4) is 11.5 Å². The molecule has 8 heteroatoms. The van der Waals surface area contributed by atoms with Crippen LogP contribution in [0.15, 0.2) is 48.5 Å². The van der Waals surface area contributed by atoms with Gasteiger partial charge in [-0.15, -0.1) is 0 Å². The van der Waals surface area contributed by atoms with Gasteiger partial charge in [-0.05, 0) is 36.6 Å². The fraction of sp³-hybridized carbons (Fsp3) is 0.286. The molecule has 1 atom stereocenters. The Kier molecular flexibility index (Phi) is 4.84. The molecule has 0 bridgehead atoms. The third kappa shape index (κ3) is 3.61. The number of carbonyl (C=O) groups excluding carboxylic acids is 3. The summed E-state index contributed by atoms with van der Waals surface area (Å²) in [6, 6.07) is 14.2. The highest BCUT2D eigenvalue weighted by Crippen LogP contribution is 2.37. The number of urea groups is 1. The number of imide groups is 1. The molecule has 2 aromatic rings. The van der Waals surface area contributed by atoms with E-state index in [-0.39, 0.29) is 19.2 Å². The zero-order valence-electron chi connectivity index (χ0n) is 15.9. The minimum Gasteiger partial charge on any atom is -0.454 e. The predicted octanol–water partition coefficient (Wildman–Crippen LogP) is 1.54. The molecule has 0 aliphatic carbocycles. The molecule has 4 rings (SSSR count). The van der Waals surface area contributed by atoms with Crippen molar-refractivity contribution in [3.63, 3.8) is 0 Å². The third-order valence-corrected chi connectivity index (χ3v) is 5.11. The average molecular weight is 395 g/mol. The van der Waals surface area contributed by atoms with E-state index in [1.165, 1.54) is 0 Å². The molecule has 0 radical (unpaired) electrons. The standard InChI is InChI=1S/C21H21N3O5/c1-21(15-7-8-16-17(11-15)29-13-28-16)19(26)24(20(27)23-21)12-18(25)22-10-9-14-5-3-2-4-6-14/h2-8,11H,9-10,12-13H2,1H3,(H,22,25)(H,23,27)/t21-/m1/s1. The largest absolute Gasteiger partial charge is 0.454 e. The number of benzene rings is 2. The van der Waals surface area contributed by atoms with Gasteiger partial charge in [0.15, 0.2) is 11.5 Å². The number of ether oxygens (including phenoxy) is 2. The molecule has 2 N–H and O–H groups in total. The van der Waals surface area contributed by atoms with Crippen LogP contribution in [-0.4, -0.2) is 42.6 Å². The van der Waals surface area contributed by atoms with Crippen LogP contribution in [0.4, 0.5) is 4.79 Å². The average Bonchev–Trinajstić information content (AvgIpc) is 3.27. The Labute approximate surface area is 167 Å². The van der Waals surface area contributed by atoms with Gasteiger partial charge in [-0.3, -0.25) is 14.5 Å². The molecule has 1 saturated heterocycles. The second-order valence-electron chi connectivity index (χ2n) is 7.10. The van der Waals surface area contributed by atoms with E-state index in [1.807, 2.05) is 30.3 Å². The fourth-order valence-electron chi connectivity index (χ4n) is 3.43. The van der Waals surface area contributed by atoms with Crippen LogP contribution in [0, 0.1) is 0 Å². The summed E-state index contributed by atoms with van der Waals surface area (Å²) in [6.45, 7) is 1.81. The lowest BCUT2D eigenvalue weighted by Crippen LogP contribution is -2.43. The van der Waals surface area contributed by atoms with Crippen LogP contribution in [0.3, 0.4) is 0 Å². The fourth-order valence-corrected chi connectivity index (χ4v) is 3.43. The van der Waals surface area contributed by atoms with Crippen molar-refractivity contribution in [1.29, 1.82) is 0 Å². The van der Waals surface area contributed by atoms with Crippen molar-refractivity contribution in [1.82, 2.24) is 15.5 Å². The van der Waals surface area contributed by atoms with Crippen LogP contribution >= 0.6 is 0 Å². The number of fused-ring (bicyclic) bond motifs is 1. The molecule has 2 aliphatic heterocycles. The van der Waals surface area contributed by atoms with Crippen molar-refractivity contribution in [3.05, 3.63) is 59.7 Å². The number of hydrogen-bond donors (Lipinski definition) is 2. The van der Waals surface area contributed by atoms with E-state index in [1.54, 1.807) is 25.1 Å². The molecule has 4 amide bonds. The first-order valence-electron chi connectivity index (χ1n) is 9.32. The number of nitrogens with zero attached hydrogens (tertiary/aromatic N) is 1. The maximum atomic E-state index is 13.0. The predicted molar refractivity (Wildman–Crippen MR) is 103 cm³/mol. The van der Waals surface area contributed by atoms with Gasteiger partial charge in [-0.1, -0.05) is 36.4 Å². The molecule has 8 nitrogen and oxygen atoms in total. The second-order valence-corrected chi connectivity index (χ2v) is 7.10. The SMILES string of the molecule is C[C@]1(c2ccc3c(c2)OCO3)NC(=O)N(CC(=O)NCCc2ccccc2)C1=O. The quantitative estimate of drug-likeness (QED) is 0.724. The molecule has 29 heavy (non-hydrogen) atoms. The monoisotopic (exact) mass is 395 g/mol. The van der Waals surface area contributed by atoms with E-state index in [2.05, 4.69) is 10.6 Å². The summed E-state index contributed by atoms with van der Waals surface area (Å²) in [6.07, 6.45) is 0.668.